The molecule has 1 atom stereocenters. The third-order valence-corrected chi connectivity index (χ3v) is 9.84. The number of halogens is 3. The molecule has 52 heavy (non-hydrogen) atoms. The second kappa shape index (κ2) is 14.6. The molecular weight excluding hydrogens is 699 g/mol. The van der Waals surface area contributed by atoms with Gasteiger partial charge in [-0.25, -0.2) is 9.97 Å². The number of pyridine rings is 1. The zero-order valence-electron chi connectivity index (χ0n) is 27.8. The molecule has 0 radical (unpaired) electrons. The number of carbonyl (C=O) groups excluding carboxylic acids is 3. The first kappa shape index (κ1) is 34.9. The SMILES string of the molecule is COc1ccc2nc(-c3ccc(-c4ccnc(NCCOCCOc5ccc6c(c5)CN(C5CCC(=O)NC5=O)C6=O)c4)cc3C(F)(F)F)sc2c1. The summed E-state index contributed by atoms with van der Waals surface area (Å²) in [6.45, 7) is 1.49. The number of aromatic nitrogens is 2. The van der Waals surface area contributed by atoms with Crippen LogP contribution >= 0.6 is 11.3 Å². The number of rotatable bonds is 12. The van der Waals surface area contributed by atoms with E-state index in [4.69, 9.17) is 14.2 Å². The Morgan fingerprint density at radius 2 is 1.75 bits per heavy atom. The third kappa shape index (κ3) is 7.41. The molecule has 15 heteroatoms. The molecular formula is C37H32F3N5O6S. The first-order chi connectivity index (χ1) is 25.1. The lowest BCUT2D eigenvalue weighted by molar-refractivity contribution is -0.138. The number of hydrogen-bond donors (Lipinski definition) is 2. The summed E-state index contributed by atoms with van der Waals surface area (Å²) in [5, 5.41) is 5.70. The number of piperidine rings is 1. The van der Waals surface area contributed by atoms with Gasteiger partial charge in [0, 0.05) is 36.8 Å². The lowest BCUT2D eigenvalue weighted by atomic mass is 9.99. The summed E-state index contributed by atoms with van der Waals surface area (Å²) in [5.41, 5.74) is 2.02. The van der Waals surface area contributed by atoms with Crippen molar-refractivity contribution in [3.63, 3.8) is 0 Å². The van der Waals surface area contributed by atoms with Crippen LogP contribution in [0.1, 0.15) is 34.3 Å². The van der Waals surface area contributed by atoms with E-state index in [9.17, 15) is 27.6 Å². The molecule has 268 valence electrons. The van der Waals surface area contributed by atoms with Gasteiger partial charge in [0.2, 0.25) is 11.8 Å². The maximum Gasteiger partial charge on any atom is 0.417 e. The van der Waals surface area contributed by atoms with Crippen LogP contribution in [0.3, 0.4) is 0 Å². The number of imide groups is 1. The van der Waals surface area contributed by atoms with Crippen molar-refractivity contribution in [2.24, 2.45) is 0 Å². The number of amides is 3. The van der Waals surface area contributed by atoms with Crippen molar-refractivity contribution in [2.45, 2.75) is 31.6 Å². The average Bonchev–Trinajstić information content (AvgIpc) is 3.70. The van der Waals surface area contributed by atoms with Gasteiger partial charge in [-0.2, -0.15) is 13.2 Å². The second-order valence-electron chi connectivity index (χ2n) is 12.1. The van der Waals surface area contributed by atoms with E-state index in [1.807, 2.05) is 0 Å². The third-order valence-electron chi connectivity index (χ3n) is 8.79. The summed E-state index contributed by atoms with van der Waals surface area (Å²) >= 11 is 1.18. The lowest BCUT2D eigenvalue weighted by Gasteiger charge is -2.29. The minimum atomic E-state index is -4.60. The van der Waals surface area contributed by atoms with Crippen LogP contribution in [0.5, 0.6) is 11.5 Å². The largest absolute Gasteiger partial charge is 0.497 e. The Hall–Kier alpha value is -5.54. The van der Waals surface area contributed by atoms with Gasteiger partial charge in [0.1, 0.15) is 35.0 Å². The zero-order valence-corrected chi connectivity index (χ0v) is 28.6. The second-order valence-corrected chi connectivity index (χ2v) is 13.2. The summed E-state index contributed by atoms with van der Waals surface area (Å²) in [6, 6.07) is 17.2. The maximum absolute atomic E-state index is 14.3. The quantitative estimate of drug-likeness (QED) is 0.112. The highest BCUT2D eigenvalue weighted by Crippen LogP contribution is 2.42. The molecule has 2 aliphatic rings. The highest BCUT2D eigenvalue weighted by Gasteiger charge is 2.39. The van der Waals surface area contributed by atoms with Crippen molar-refractivity contribution < 1.29 is 41.8 Å². The van der Waals surface area contributed by atoms with Gasteiger partial charge in [-0.3, -0.25) is 19.7 Å². The van der Waals surface area contributed by atoms with E-state index >= 15 is 0 Å². The molecule has 3 aromatic carbocycles. The Balaban J connectivity index is 0.907. The summed E-state index contributed by atoms with van der Waals surface area (Å²) in [6.07, 6.45) is -2.59. The Kier molecular flexibility index (Phi) is 9.79. The van der Waals surface area contributed by atoms with Crippen molar-refractivity contribution >= 4 is 45.1 Å². The van der Waals surface area contributed by atoms with Crippen molar-refractivity contribution in [3.8, 4) is 33.2 Å². The molecule has 11 nitrogen and oxygen atoms in total. The van der Waals surface area contributed by atoms with Gasteiger partial charge in [-0.15, -0.1) is 11.3 Å². The number of carbonyl (C=O) groups is 3. The number of hydrogen-bond acceptors (Lipinski definition) is 10. The maximum atomic E-state index is 14.3. The molecule has 0 saturated carbocycles. The fraction of sp³-hybridized carbons (Fsp3) is 0.270. The van der Waals surface area contributed by atoms with Crippen LogP contribution in [0, 0.1) is 0 Å². The number of alkyl halides is 3. The standard InChI is InChI=1S/C37H32F3N5O6S/c1-49-24-4-7-29-31(19-24)52-35(43-29)27-5-2-21(17-28(27)37(38,39)40)22-10-11-41-32(18-22)42-12-13-50-14-15-51-25-3-6-26-23(16-25)20-45(36(26)48)30-8-9-33(46)44-34(30)47/h2-7,10-11,16-19,30H,8-9,12-15,20H2,1H3,(H,41,42)(H,44,46,47). The minimum absolute atomic E-state index is 0.00708. The molecule has 1 saturated heterocycles. The lowest BCUT2D eigenvalue weighted by Crippen LogP contribution is -2.52. The molecule has 7 rings (SSSR count). The van der Waals surface area contributed by atoms with Crippen molar-refractivity contribution in [3.05, 3.63) is 89.6 Å². The minimum Gasteiger partial charge on any atom is -0.497 e. The highest BCUT2D eigenvalue weighted by molar-refractivity contribution is 7.21. The average molecular weight is 732 g/mol. The van der Waals surface area contributed by atoms with Crippen LogP contribution in [0.2, 0.25) is 0 Å². The zero-order chi connectivity index (χ0) is 36.4. The molecule has 1 unspecified atom stereocenters. The summed E-state index contributed by atoms with van der Waals surface area (Å²) < 4.78 is 60.4. The van der Waals surface area contributed by atoms with E-state index in [-0.39, 0.29) is 48.6 Å². The number of benzene rings is 3. The number of nitrogens with one attached hydrogen (secondary N) is 2. The van der Waals surface area contributed by atoms with Crippen molar-refractivity contribution in [2.75, 3.05) is 38.8 Å². The number of fused-ring (bicyclic) bond motifs is 2. The first-order valence-electron chi connectivity index (χ1n) is 16.4. The highest BCUT2D eigenvalue weighted by atomic mass is 32.1. The van der Waals surface area contributed by atoms with Crippen LogP contribution in [0.25, 0.3) is 31.9 Å². The summed E-state index contributed by atoms with van der Waals surface area (Å²) in [7, 11) is 1.53. The van der Waals surface area contributed by atoms with Crippen molar-refractivity contribution in [1.82, 2.24) is 20.2 Å². The normalized spacial score (nSPS) is 15.9. The molecule has 2 aliphatic heterocycles. The van der Waals surface area contributed by atoms with Gasteiger partial charge >= 0.3 is 6.18 Å². The van der Waals surface area contributed by atoms with E-state index in [1.54, 1.807) is 54.6 Å². The van der Waals surface area contributed by atoms with Gasteiger partial charge in [0.25, 0.3) is 5.91 Å². The fourth-order valence-corrected chi connectivity index (χ4v) is 7.24. The monoisotopic (exact) mass is 731 g/mol. The van der Waals surface area contributed by atoms with E-state index < -0.39 is 23.7 Å². The topological polar surface area (TPSA) is 132 Å². The number of methoxy groups -OCH3 is 1. The van der Waals surface area contributed by atoms with E-state index in [0.717, 1.165) is 16.3 Å². The van der Waals surface area contributed by atoms with Crippen LogP contribution in [-0.4, -0.2) is 72.1 Å². The van der Waals surface area contributed by atoms with Crippen LogP contribution in [0.15, 0.2) is 72.9 Å². The predicted octanol–water partition coefficient (Wildman–Crippen LogP) is 6.32. The van der Waals surface area contributed by atoms with Gasteiger partial charge in [0.15, 0.2) is 0 Å². The van der Waals surface area contributed by atoms with Crippen LogP contribution < -0.4 is 20.1 Å². The first-order valence-corrected chi connectivity index (χ1v) is 17.2. The number of nitrogens with zero attached hydrogens (tertiary/aromatic N) is 3. The van der Waals surface area contributed by atoms with Gasteiger partial charge < -0.3 is 24.4 Å². The molecule has 5 aromatic rings. The van der Waals surface area contributed by atoms with Crippen LogP contribution in [-0.2, 0) is 27.0 Å². The van der Waals surface area contributed by atoms with Crippen LogP contribution in [0.4, 0.5) is 19.0 Å². The molecule has 2 aromatic heterocycles. The summed E-state index contributed by atoms with van der Waals surface area (Å²) in [4.78, 5) is 46.9. The van der Waals surface area contributed by atoms with Gasteiger partial charge in [0.05, 0.1) is 36.1 Å². The molecule has 4 heterocycles. The van der Waals surface area contributed by atoms with E-state index in [0.29, 0.717) is 59.1 Å². The Bertz CT molecular complexity index is 2170. The smallest absolute Gasteiger partial charge is 0.417 e. The molecule has 0 bridgehead atoms. The molecule has 0 spiro atoms. The van der Waals surface area contributed by atoms with Gasteiger partial charge in [-0.05, 0) is 77.7 Å². The molecule has 2 N–H and O–H groups in total. The molecule has 1 fully saturated rings. The Morgan fingerprint density at radius 1 is 0.942 bits per heavy atom. The van der Waals surface area contributed by atoms with E-state index in [1.165, 1.54) is 35.6 Å². The summed E-state index contributed by atoms with van der Waals surface area (Å²) in [5.74, 6) is 0.594. The van der Waals surface area contributed by atoms with E-state index in [2.05, 4.69) is 20.6 Å². The Morgan fingerprint density at radius 3 is 2.56 bits per heavy atom. The van der Waals surface area contributed by atoms with Gasteiger partial charge in [-0.1, -0.05) is 12.1 Å². The molecule has 3 amide bonds. The number of ether oxygens (including phenoxy) is 3. The molecule has 0 aliphatic carbocycles. The number of anilines is 1. The predicted molar refractivity (Wildman–Crippen MR) is 187 cm³/mol. The fourth-order valence-electron chi connectivity index (χ4n) is 6.21. The Labute approximate surface area is 299 Å². The van der Waals surface area contributed by atoms with Crippen molar-refractivity contribution in [1.29, 1.82) is 0 Å². The number of thiazole rings is 1.